The first-order chi connectivity index (χ1) is 6.07. The lowest BCUT2D eigenvalue weighted by Gasteiger charge is -2.37. The zero-order chi connectivity index (χ0) is 10.0. The highest BCUT2D eigenvalue weighted by atomic mass is 16.6. The normalized spacial score (nSPS) is 46.4. The number of ether oxygens (including phenoxy) is 2. The number of hydrogen-bond donors (Lipinski definition) is 4. The van der Waals surface area contributed by atoms with Gasteiger partial charge in [0, 0.05) is 7.11 Å². The molecule has 6 heteroatoms. The van der Waals surface area contributed by atoms with E-state index in [0.717, 1.165) is 0 Å². The summed E-state index contributed by atoms with van der Waals surface area (Å²) in [5, 5.41) is 36.7. The number of rotatable bonds is 2. The third-order valence-electron chi connectivity index (χ3n) is 2.02. The smallest absolute Gasteiger partial charge is 0.184 e. The Bertz CT molecular complexity index is 163. The highest BCUT2D eigenvalue weighted by Gasteiger charge is 2.42. The Kier molecular flexibility index (Phi) is 3.60. The first-order valence-corrected chi connectivity index (χ1v) is 3.94. The molecular weight excluding hydrogens is 180 g/mol. The van der Waals surface area contributed by atoms with Crippen LogP contribution in [0.3, 0.4) is 0 Å². The van der Waals surface area contributed by atoms with E-state index in [-0.39, 0.29) is 6.61 Å². The van der Waals surface area contributed by atoms with Crippen molar-refractivity contribution in [2.75, 3.05) is 13.7 Å². The van der Waals surface area contributed by atoms with E-state index in [1.54, 1.807) is 0 Å². The summed E-state index contributed by atoms with van der Waals surface area (Å²) in [4.78, 5) is 0. The fourth-order valence-electron chi connectivity index (χ4n) is 1.23. The molecule has 0 unspecified atom stereocenters. The molecular formula is C7H14O6. The molecule has 0 radical (unpaired) electrons. The van der Waals surface area contributed by atoms with Gasteiger partial charge in [-0.25, -0.2) is 0 Å². The Balaban J connectivity index is 2.59. The number of methoxy groups -OCH3 is 1. The summed E-state index contributed by atoms with van der Waals surface area (Å²) in [6, 6.07) is 0. The van der Waals surface area contributed by atoms with E-state index >= 15 is 0 Å². The molecule has 1 aliphatic heterocycles. The molecule has 4 N–H and O–H groups in total. The van der Waals surface area contributed by atoms with Gasteiger partial charge in [0.1, 0.15) is 24.4 Å². The number of aliphatic hydroxyl groups is 4. The molecule has 1 fully saturated rings. The third kappa shape index (κ3) is 2.16. The van der Waals surface area contributed by atoms with Crippen molar-refractivity contribution in [2.45, 2.75) is 30.7 Å². The Morgan fingerprint density at radius 3 is 2.23 bits per heavy atom. The minimum absolute atomic E-state index is 0.0437. The Labute approximate surface area is 75.3 Å². The maximum absolute atomic E-state index is 9.33. The van der Waals surface area contributed by atoms with Crippen LogP contribution in [0.15, 0.2) is 0 Å². The topological polar surface area (TPSA) is 99.4 Å². The maximum Gasteiger partial charge on any atom is 0.184 e. The van der Waals surface area contributed by atoms with Crippen LogP contribution in [-0.4, -0.2) is 64.8 Å². The minimum Gasteiger partial charge on any atom is -0.387 e. The number of hydrogen-bond acceptors (Lipinski definition) is 6. The molecule has 0 aliphatic carbocycles. The summed E-state index contributed by atoms with van der Waals surface area (Å²) in [5.74, 6) is 0. The highest BCUT2D eigenvalue weighted by Crippen LogP contribution is 2.19. The molecule has 6 nitrogen and oxygen atoms in total. The average molecular weight is 194 g/mol. The van der Waals surface area contributed by atoms with Crippen molar-refractivity contribution in [3.8, 4) is 0 Å². The summed E-state index contributed by atoms with van der Waals surface area (Å²) in [7, 11) is 1.40. The van der Waals surface area contributed by atoms with Crippen LogP contribution in [0.4, 0.5) is 0 Å². The average Bonchev–Trinajstić information content (AvgIpc) is 2.11. The van der Waals surface area contributed by atoms with Gasteiger partial charge in [-0.15, -0.1) is 0 Å². The van der Waals surface area contributed by atoms with Crippen LogP contribution < -0.4 is 0 Å². The zero-order valence-corrected chi connectivity index (χ0v) is 7.20. The second kappa shape index (κ2) is 4.32. The molecule has 0 amide bonds. The second-order valence-corrected chi connectivity index (χ2v) is 2.99. The van der Waals surface area contributed by atoms with Crippen LogP contribution in [0.5, 0.6) is 0 Å². The molecule has 0 saturated carbocycles. The van der Waals surface area contributed by atoms with Gasteiger partial charge in [-0.05, 0) is 0 Å². The first kappa shape index (κ1) is 10.8. The van der Waals surface area contributed by atoms with Gasteiger partial charge in [0.25, 0.3) is 0 Å². The lowest BCUT2D eigenvalue weighted by molar-refractivity contribution is -0.287. The van der Waals surface area contributed by atoms with Crippen LogP contribution in [0.1, 0.15) is 0 Å². The summed E-state index contributed by atoms with van der Waals surface area (Å²) < 4.78 is 9.49. The maximum atomic E-state index is 9.33. The van der Waals surface area contributed by atoms with Crippen molar-refractivity contribution < 1.29 is 29.9 Å². The van der Waals surface area contributed by atoms with E-state index in [2.05, 4.69) is 0 Å². The molecule has 1 aliphatic rings. The monoisotopic (exact) mass is 194 g/mol. The summed E-state index contributed by atoms with van der Waals surface area (Å²) in [6.07, 6.45) is -6.46. The van der Waals surface area contributed by atoms with E-state index in [4.69, 9.17) is 19.7 Å². The third-order valence-corrected chi connectivity index (χ3v) is 2.02. The van der Waals surface area contributed by atoms with Gasteiger partial charge >= 0.3 is 0 Å². The van der Waals surface area contributed by atoms with Crippen LogP contribution in [0.25, 0.3) is 0 Å². The van der Waals surface area contributed by atoms with Crippen molar-refractivity contribution in [3.05, 3.63) is 0 Å². The quantitative estimate of drug-likeness (QED) is 0.386. The van der Waals surface area contributed by atoms with Gasteiger partial charge < -0.3 is 29.9 Å². The van der Waals surface area contributed by atoms with Crippen molar-refractivity contribution >= 4 is 0 Å². The lowest BCUT2D eigenvalue weighted by atomic mass is 9.99. The Morgan fingerprint density at radius 1 is 1.08 bits per heavy atom. The van der Waals surface area contributed by atoms with Crippen molar-refractivity contribution in [1.82, 2.24) is 0 Å². The fourth-order valence-corrected chi connectivity index (χ4v) is 1.23. The zero-order valence-electron chi connectivity index (χ0n) is 7.20. The standard InChI is InChI=1S/C7H14O6/c1-12-2-3-4(8)5(9)6(10)7(11)13-3/h3-11H,2H2,1H3/t3-,4+,5+,6-,7-/m0/s1. The number of aliphatic hydroxyl groups excluding tert-OH is 4. The highest BCUT2D eigenvalue weighted by molar-refractivity contribution is 4.88. The van der Waals surface area contributed by atoms with Crippen molar-refractivity contribution in [2.24, 2.45) is 0 Å². The molecule has 1 rings (SSSR count). The van der Waals surface area contributed by atoms with Gasteiger partial charge in [0.15, 0.2) is 6.29 Å². The Hall–Kier alpha value is -0.240. The molecule has 5 atom stereocenters. The lowest BCUT2D eigenvalue weighted by Crippen LogP contribution is -2.58. The molecule has 0 aromatic heterocycles. The molecule has 0 bridgehead atoms. The minimum atomic E-state index is -1.49. The van der Waals surface area contributed by atoms with Gasteiger partial charge in [0.05, 0.1) is 6.61 Å². The molecule has 0 aromatic carbocycles. The largest absolute Gasteiger partial charge is 0.387 e. The van der Waals surface area contributed by atoms with Crippen LogP contribution >= 0.6 is 0 Å². The van der Waals surface area contributed by atoms with E-state index in [9.17, 15) is 10.2 Å². The Morgan fingerprint density at radius 2 is 1.69 bits per heavy atom. The van der Waals surface area contributed by atoms with Crippen LogP contribution in [-0.2, 0) is 9.47 Å². The molecule has 0 aromatic rings. The van der Waals surface area contributed by atoms with E-state index < -0.39 is 30.7 Å². The fraction of sp³-hybridized carbons (Fsp3) is 1.00. The van der Waals surface area contributed by atoms with Gasteiger partial charge in [-0.3, -0.25) is 0 Å². The SMILES string of the molecule is COC[C@@H]1O[C@H](O)[C@@H](O)[C@H](O)[C@@H]1O. The molecule has 1 heterocycles. The van der Waals surface area contributed by atoms with Gasteiger partial charge in [-0.2, -0.15) is 0 Å². The van der Waals surface area contributed by atoms with E-state index in [1.807, 2.05) is 0 Å². The molecule has 13 heavy (non-hydrogen) atoms. The first-order valence-electron chi connectivity index (χ1n) is 3.94. The van der Waals surface area contributed by atoms with Gasteiger partial charge in [0.2, 0.25) is 0 Å². The predicted octanol–water partition coefficient (Wildman–Crippen LogP) is -2.57. The summed E-state index contributed by atoms with van der Waals surface area (Å²) in [6.45, 7) is 0.0437. The van der Waals surface area contributed by atoms with Crippen LogP contribution in [0.2, 0.25) is 0 Å². The predicted molar refractivity (Wildman–Crippen MR) is 40.8 cm³/mol. The molecule has 0 spiro atoms. The van der Waals surface area contributed by atoms with E-state index in [1.165, 1.54) is 7.11 Å². The van der Waals surface area contributed by atoms with Gasteiger partial charge in [-0.1, -0.05) is 0 Å². The van der Waals surface area contributed by atoms with E-state index in [0.29, 0.717) is 0 Å². The second-order valence-electron chi connectivity index (χ2n) is 2.99. The summed E-state index contributed by atoms with van der Waals surface area (Å²) in [5.41, 5.74) is 0. The molecule has 1 saturated heterocycles. The van der Waals surface area contributed by atoms with Crippen molar-refractivity contribution in [3.63, 3.8) is 0 Å². The summed E-state index contributed by atoms with van der Waals surface area (Å²) >= 11 is 0. The van der Waals surface area contributed by atoms with Crippen molar-refractivity contribution in [1.29, 1.82) is 0 Å². The van der Waals surface area contributed by atoms with Crippen LogP contribution in [0, 0.1) is 0 Å². The molecule has 78 valence electrons.